The first-order chi connectivity index (χ1) is 7.09. The molecule has 1 rings (SSSR count). The van der Waals surface area contributed by atoms with E-state index < -0.39 is 0 Å². The lowest BCUT2D eigenvalue weighted by Gasteiger charge is -2.28. The topological polar surface area (TPSA) is 21.3 Å². The summed E-state index contributed by atoms with van der Waals surface area (Å²) in [6.45, 7) is 4.35. The first-order valence-electron chi connectivity index (χ1n) is 6.31. The molecule has 0 heterocycles. The molecule has 0 spiro atoms. The van der Waals surface area contributed by atoms with Gasteiger partial charge in [-0.3, -0.25) is 0 Å². The van der Waals surface area contributed by atoms with Crippen LogP contribution in [0.5, 0.6) is 0 Å². The Labute approximate surface area is 94.8 Å². The molecule has 1 saturated carbocycles. The van der Waals surface area contributed by atoms with Crippen molar-refractivity contribution in [1.82, 2.24) is 5.32 Å². The molecule has 90 valence electrons. The molecule has 2 nitrogen and oxygen atoms in total. The molecule has 1 aliphatic rings. The third-order valence-corrected chi connectivity index (χ3v) is 3.95. The molecule has 1 atom stereocenters. The predicted molar refractivity (Wildman–Crippen MR) is 65.1 cm³/mol. The van der Waals surface area contributed by atoms with Crippen molar-refractivity contribution < 1.29 is 4.74 Å². The van der Waals surface area contributed by atoms with Crippen LogP contribution in [-0.2, 0) is 4.74 Å². The summed E-state index contributed by atoms with van der Waals surface area (Å²) in [5, 5.41) is 3.49. The van der Waals surface area contributed by atoms with Gasteiger partial charge in [0.1, 0.15) is 0 Å². The van der Waals surface area contributed by atoms with Gasteiger partial charge in [-0.15, -0.1) is 0 Å². The SMILES string of the molecule is CNC(CCC(C)(C)OC)C1CCCC1. The Kier molecular flexibility index (Phi) is 5.07. The monoisotopic (exact) mass is 213 g/mol. The highest BCUT2D eigenvalue weighted by Crippen LogP contribution is 2.30. The standard InChI is InChI=1S/C13H27NO/c1-13(2,15-4)10-9-12(14-3)11-7-5-6-8-11/h11-12,14H,5-10H2,1-4H3. The number of ether oxygens (including phenoxy) is 1. The van der Waals surface area contributed by atoms with Crippen molar-refractivity contribution in [2.45, 2.75) is 64.0 Å². The van der Waals surface area contributed by atoms with Gasteiger partial charge in [0, 0.05) is 13.2 Å². The first-order valence-corrected chi connectivity index (χ1v) is 6.31. The minimum absolute atomic E-state index is 0.0354. The normalized spacial score (nSPS) is 20.8. The summed E-state index contributed by atoms with van der Waals surface area (Å²) >= 11 is 0. The zero-order valence-corrected chi connectivity index (χ0v) is 10.8. The zero-order chi connectivity index (χ0) is 11.3. The average molecular weight is 213 g/mol. The maximum atomic E-state index is 5.47. The van der Waals surface area contributed by atoms with E-state index in [1.807, 2.05) is 7.11 Å². The Morgan fingerprint density at radius 1 is 1.33 bits per heavy atom. The van der Waals surface area contributed by atoms with Gasteiger partial charge in [0.25, 0.3) is 0 Å². The fourth-order valence-electron chi connectivity index (χ4n) is 2.58. The molecule has 2 heteroatoms. The Bertz CT molecular complexity index is 173. The van der Waals surface area contributed by atoms with Crippen LogP contribution in [0.4, 0.5) is 0 Å². The van der Waals surface area contributed by atoms with Crippen molar-refractivity contribution in [3.63, 3.8) is 0 Å². The maximum absolute atomic E-state index is 5.47. The molecule has 0 aromatic heterocycles. The van der Waals surface area contributed by atoms with Gasteiger partial charge < -0.3 is 10.1 Å². The van der Waals surface area contributed by atoms with E-state index in [1.165, 1.54) is 32.1 Å². The summed E-state index contributed by atoms with van der Waals surface area (Å²) in [5.74, 6) is 0.905. The van der Waals surface area contributed by atoms with Gasteiger partial charge in [-0.25, -0.2) is 0 Å². The molecule has 1 fully saturated rings. The Balaban J connectivity index is 2.33. The van der Waals surface area contributed by atoms with E-state index in [-0.39, 0.29) is 5.60 Å². The Morgan fingerprint density at radius 2 is 1.93 bits per heavy atom. The molecule has 0 amide bonds. The predicted octanol–water partition coefficient (Wildman–Crippen LogP) is 2.97. The fraction of sp³-hybridized carbons (Fsp3) is 1.00. The largest absolute Gasteiger partial charge is 0.379 e. The van der Waals surface area contributed by atoms with Crippen LogP contribution >= 0.6 is 0 Å². The lowest BCUT2D eigenvalue weighted by molar-refractivity contribution is 0.0104. The van der Waals surface area contributed by atoms with Crippen molar-refractivity contribution in [1.29, 1.82) is 0 Å². The van der Waals surface area contributed by atoms with Crippen molar-refractivity contribution in [3.8, 4) is 0 Å². The number of hydrogen-bond acceptors (Lipinski definition) is 2. The van der Waals surface area contributed by atoms with Crippen molar-refractivity contribution in [3.05, 3.63) is 0 Å². The van der Waals surface area contributed by atoms with E-state index in [1.54, 1.807) is 0 Å². The summed E-state index contributed by atoms with van der Waals surface area (Å²) < 4.78 is 5.47. The molecule has 15 heavy (non-hydrogen) atoms. The molecule has 0 aromatic carbocycles. The summed E-state index contributed by atoms with van der Waals surface area (Å²) in [5.41, 5.74) is 0.0354. The Morgan fingerprint density at radius 3 is 2.40 bits per heavy atom. The molecule has 0 radical (unpaired) electrons. The quantitative estimate of drug-likeness (QED) is 0.732. The molecular weight excluding hydrogens is 186 g/mol. The minimum atomic E-state index is 0.0354. The van der Waals surface area contributed by atoms with Crippen LogP contribution in [-0.4, -0.2) is 25.8 Å². The van der Waals surface area contributed by atoms with Crippen LogP contribution in [0.2, 0.25) is 0 Å². The van der Waals surface area contributed by atoms with Gasteiger partial charge in [-0.2, -0.15) is 0 Å². The lowest BCUT2D eigenvalue weighted by Crippen LogP contribution is -2.35. The highest BCUT2D eigenvalue weighted by molar-refractivity contribution is 4.82. The minimum Gasteiger partial charge on any atom is -0.379 e. The third kappa shape index (κ3) is 4.12. The van der Waals surface area contributed by atoms with Crippen LogP contribution in [0.25, 0.3) is 0 Å². The second-order valence-corrected chi connectivity index (χ2v) is 5.44. The van der Waals surface area contributed by atoms with Gasteiger partial charge in [0.05, 0.1) is 5.60 Å². The maximum Gasteiger partial charge on any atom is 0.0623 e. The first kappa shape index (κ1) is 13.0. The van der Waals surface area contributed by atoms with E-state index in [9.17, 15) is 0 Å². The van der Waals surface area contributed by atoms with E-state index in [2.05, 4.69) is 26.2 Å². The molecular formula is C13H27NO. The summed E-state index contributed by atoms with van der Waals surface area (Å²) in [6, 6.07) is 0.696. The van der Waals surface area contributed by atoms with Crippen molar-refractivity contribution in [2.75, 3.05) is 14.2 Å². The van der Waals surface area contributed by atoms with Crippen LogP contribution in [0.15, 0.2) is 0 Å². The van der Waals surface area contributed by atoms with Gasteiger partial charge >= 0.3 is 0 Å². The molecule has 0 aliphatic heterocycles. The smallest absolute Gasteiger partial charge is 0.0623 e. The molecule has 1 aliphatic carbocycles. The molecule has 1 N–H and O–H groups in total. The highest BCUT2D eigenvalue weighted by atomic mass is 16.5. The summed E-state index contributed by atoms with van der Waals surface area (Å²) in [7, 11) is 3.91. The molecule has 0 bridgehead atoms. The van der Waals surface area contributed by atoms with Crippen molar-refractivity contribution >= 4 is 0 Å². The van der Waals surface area contributed by atoms with Crippen LogP contribution < -0.4 is 5.32 Å². The van der Waals surface area contributed by atoms with E-state index in [0.29, 0.717) is 6.04 Å². The van der Waals surface area contributed by atoms with Crippen LogP contribution in [0, 0.1) is 5.92 Å². The molecule has 0 aromatic rings. The van der Waals surface area contributed by atoms with Crippen molar-refractivity contribution in [2.24, 2.45) is 5.92 Å². The second-order valence-electron chi connectivity index (χ2n) is 5.44. The fourth-order valence-corrected chi connectivity index (χ4v) is 2.58. The lowest BCUT2D eigenvalue weighted by atomic mass is 9.90. The highest BCUT2D eigenvalue weighted by Gasteiger charge is 2.26. The Hall–Kier alpha value is -0.0800. The summed E-state index contributed by atoms with van der Waals surface area (Å²) in [4.78, 5) is 0. The van der Waals surface area contributed by atoms with E-state index in [0.717, 1.165) is 12.3 Å². The average Bonchev–Trinajstić information content (AvgIpc) is 2.72. The van der Waals surface area contributed by atoms with Gasteiger partial charge in [0.15, 0.2) is 0 Å². The molecule has 0 saturated heterocycles. The van der Waals surface area contributed by atoms with Crippen LogP contribution in [0.1, 0.15) is 52.4 Å². The number of hydrogen-bond donors (Lipinski definition) is 1. The van der Waals surface area contributed by atoms with Crippen LogP contribution in [0.3, 0.4) is 0 Å². The van der Waals surface area contributed by atoms with E-state index >= 15 is 0 Å². The van der Waals surface area contributed by atoms with Gasteiger partial charge in [0.2, 0.25) is 0 Å². The third-order valence-electron chi connectivity index (χ3n) is 3.95. The zero-order valence-electron chi connectivity index (χ0n) is 10.8. The molecule has 1 unspecified atom stereocenters. The second kappa shape index (κ2) is 5.86. The number of methoxy groups -OCH3 is 1. The number of rotatable bonds is 6. The van der Waals surface area contributed by atoms with Gasteiger partial charge in [-0.1, -0.05) is 12.8 Å². The van der Waals surface area contributed by atoms with Gasteiger partial charge in [-0.05, 0) is 52.5 Å². The van der Waals surface area contributed by atoms with E-state index in [4.69, 9.17) is 4.74 Å². The summed E-state index contributed by atoms with van der Waals surface area (Å²) in [6.07, 6.45) is 8.07. The number of nitrogens with one attached hydrogen (secondary N) is 1.